The fourth-order valence-electron chi connectivity index (χ4n) is 1.41. The SMILES string of the molecule is COCCNC(=O)CCNc1ccc(OC)cc1. The number of hydrogen-bond donors (Lipinski definition) is 2. The van der Waals surface area contributed by atoms with E-state index in [9.17, 15) is 4.79 Å². The molecule has 1 aromatic rings. The number of methoxy groups -OCH3 is 2. The lowest BCUT2D eigenvalue weighted by molar-refractivity contribution is -0.121. The molecule has 2 N–H and O–H groups in total. The van der Waals surface area contributed by atoms with E-state index >= 15 is 0 Å². The average molecular weight is 252 g/mol. The van der Waals surface area contributed by atoms with Crippen LogP contribution in [0, 0.1) is 0 Å². The van der Waals surface area contributed by atoms with Crippen LogP contribution in [0.1, 0.15) is 6.42 Å². The molecule has 100 valence electrons. The van der Waals surface area contributed by atoms with Crippen molar-refractivity contribution in [3.63, 3.8) is 0 Å². The number of hydrogen-bond acceptors (Lipinski definition) is 4. The van der Waals surface area contributed by atoms with Gasteiger partial charge in [0.15, 0.2) is 0 Å². The van der Waals surface area contributed by atoms with Crippen LogP contribution in [0.4, 0.5) is 5.69 Å². The minimum atomic E-state index is 0.0214. The van der Waals surface area contributed by atoms with E-state index in [-0.39, 0.29) is 5.91 Å². The molecule has 5 heteroatoms. The lowest BCUT2D eigenvalue weighted by Gasteiger charge is -2.08. The number of amides is 1. The van der Waals surface area contributed by atoms with Crippen LogP contribution < -0.4 is 15.4 Å². The number of nitrogens with one attached hydrogen (secondary N) is 2. The van der Waals surface area contributed by atoms with Crippen LogP contribution in [0.15, 0.2) is 24.3 Å². The summed E-state index contributed by atoms with van der Waals surface area (Å²) in [5.74, 6) is 0.839. The predicted octanol–water partition coefficient (Wildman–Crippen LogP) is 1.26. The lowest BCUT2D eigenvalue weighted by Crippen LogP contribution is -2.28. The maximum Gasteiger partial charge on any atom is 0.221 e. The van der Waals surface area contributed by atoms with Gasteiger partial charge in [0.25, 0.3) is 0 Å². The summed E-state index contributed by atoms with van der Waals surface area (Å²) in [7, 11) is 3.24. The third-order valence-electron chi connectivity index (χ3n) is 2.40. The number of benzene rings is 1. The molecule has 1 rings (SSSR count). The summed E-state index contributed by atoms with van der Waals surface area (Å²) < 4.78 is 9.91. The van der Waals surface area contributed by atoms with Gasteiger partial charge in [0, 0.05) is 32.3 Å². The molecule has 0 aliphatic rings. The Bertz CT molecular complexity index is 352. The minimum absolute atomic E-state index is 0.0214. The third-order valence-corrected chi connectivity index (χ3v) is 2.40. The van der Waals surface area contributed by atoms with E-state index in [1.165, 1.54) is 0 Å². The van der Waals surface area contributed by atoms with Crippen molar-refractivity contribution in [2.45, 2.75) is 6.42 Å². The molecule has 0 bridgehead atoms. The molecule has 0 aromatic heterocycles. The van der Waals surface area contributed by atoms with Crippen LogP contribution >= 0.6 is 0 Å². The van der Waals surface area contributed by atoms with E-state index in [1.807, 2.05) is 24.3 Å². The molecule has 18 heavy (non-hydrogen) atoms. The molecule has 0 unspecified atom stereocenters. The Morgan fingerprint density at radius 2 is 1.89 bits per heavy atom. The zero-order valence-corrected chi connectivity index (χ0v) is 10.9. The first-order valence-corrected chi connectivity index (χ1v) is 5.90. The van der Waals surface area contributed by atoms with Crippen molar-refractivity contribution in [2.24, 2.45) is 0 Å². The summed E-state index contributed by atoms with van der Waals surface area (Å²) in [6.07, 6.45) is 0.440. The topological polar surface area (TPSA) is 59.6 Å². The van der Waals surface area contributed by atoms with Gasteiger partial charge in [0.1, 0.15) is 5.75 Å². The molecular weight excluding hydrogens is 232 g/mol. The van der Waals surface area contributed by atoms with Gasteiger partial charge in [-0.3, -0.25) is 4.79 Å². The molecule has 5 nitrogen and oxygen atoms in total. The van der Waals surface area contributed by atoms with Crippen molar-refractivity contribution in [1.29, 1.82) is 0 Å². The van der Waals surface area contributed by atoms with Crippen molar-refractivity contribution < 1.29 is 14.3 Å². The van der Waals surface area contributed by atoms with E-state index in [4.69, 9.17) is 9.47 Å². The Kier molecular flexibility index (Phi) is 6.64. The van der Waals surface area contributed by atoms with Crippen molar-refractivity contribution in [3.05, 3.63) is 24.3 Å². The smallest absolute Gasteiger partial charge is 0.221 e. The highest BCUT2D eigenvalue weighted by atomic mass is 16.5. The number of anilines is 1. The van der Waals surface area contributed by atoms with Gasteiger partial charge in [-0.25, -0.2) is 0 Å². The number of rotatable bonds is 8. The maximum atomic E-state index is 11.4. The Balaban J connectivity index is 2.18. The van der Waals surface area contributed by atoms with E-state index in [2.05, 4.69) is 10.6 Å². The fourth-order valence-corrected chi connectivity index (χ4v) is 1.41. The van der Waals surface area contributed by atoms with Crippen LogP contribution in [0.3, 0.4) is 0 Å². The van der Waals surface area contributed by atoms with E-state index in [0.717, 1.165) is 11.4 Å². The van der Waals surface area contributed by atoms with E-state index in [1.54, 1.807) is 14.2 Å². The minimum Gasteiger partial charge on any atom is -0.497 e. The molecule has 0 saturated heterocycles. The van der Waals surface area contributed by atoms with Crippen LogP contribution in [0.5, 0.6) is 5.75 Å². The first-order valence-electron chi connectivity index (χ1n) is 5.90. The Morgan fingerprint density at radius 3 is 2.50 bits per heavy atom. The lowest BCUT2D eigenvalue weighted by atomic mass is 10.3. The summed E-state index contributed by atoms with van der Waals surface area (Å²) >= 11 is 0. The van der Waals surface area contributed by atoms with Gasteiger partial charge in [-0.15, -0.1) is 0 Å². The summed E-state index contributed by atoms with van der Waals surface area (Å²) in [6, 6.07) is 7.59. The molecule has 0 radical (unpaired) electrons. The molecule has 0 fully saturated rings. The first-order chi connectivity index (χ1) is 8.76. The second kappa shape index (κ2) is 8.36. The van der Waals surface area contributed by atoms with Crippen molar-refractivity contribution in [1.82, 2.24) is 5.32 Å². The molecule has 1 aromatic carbocycles. The molecule has 0 aliphatic heterocycles. The molecule has 0 spiro atoms. The highest BCUT2D eigenvalue weighted by Crippen LogP contribution is 2.14. The monoisotopic (exact) mass is 252 g/mol. The zero-order valence-electron chi connectivity index (χ0n) is 10.9. The molecule has 0 aliphatic carbocycles. The largest absolute Gasteiger partial charge is 0.497 e. The molecule has 0 saturated carbocycles. The highest BCUT2D eigenvalue weighted by molar-refractivity contribution is 5.76. The zero-order chi connectivity index (χ0) is 13.2. The predicted molar refractivity (Wildman–Crippen MR) is 71.0 cm³/mol. The van der Waals surface area contributed by atoms with Gasteiger partial charge in [-0.05, 0) is 24.3 Å². The van der Waals surface area contributed by atoms with Crippen molar-refractivity contribution in [2.75, 3.05) is 39.2 Å². The summed E-state index contributed by atoms with van der Waals surface area (Å²) in [4.78, 5) is 11.4. The molecule has 0 atom stereocenters. The van der Waals surface area contributed by atoms with Crippen molar-refractivity contribution in [3.8, 4) is 5.75 Å². The van der Waals surface area contributed by atoms with Gasteiger partial charge in [0.05, 0.1) is 13.7 Å². The average Bonchev–Trinajstić information content (AvgIpc) is 2.40. The standard InChI is InChI=1S/C13H20N2O3/c1-17-10-9-15-13(16)7-8-14-11-3-5-12(18-2)6-4-11/h3-6,14H,7-10H2,1-2H3,(H,15,16). The molecule has 0 heterocycles. The Labute approximate surface area is 107 Å². The molecule has 1 amide bonds. The van der Waals surface area contributed by atoms with Crippen LogP contribution in [-0.2, 0) is 9.53 Å². The van der Waals surface area contributed by atoms with Crippen LogP contribution in [-0.4, -0.2) is 39.8 Å². The second-order valence-electron chi connectivity index (χ2n) is 3.75. The van der Waals surface area contributed by atoms with E-state index in [0.29, 0.717) is 26.1 Å². The molecular formula is C13H20N2O3. The first kappa shape index (κ1) is 14.3. The number of ether oxygens (including phenoxy) is 2. The quantitative estimate of drug-likeness (QED) is 0.684. The van der Waals surface area contributed by atoms with Gasteiger partial charge in [-0.1, -0.05) is 0 Å². The van der Waals surface area contributed by atoms with Gasteiger partial charge in [-0.2, -0.15) is 0 Å². The highest BCUT2D eigenvalue weighted by Gasteiger charge is 2.00. The van der Waals surface area contributed by atoms with Gasteiger partial charge < -0.3 is 20.1 Å². The maximum absolute atomic E-state index is 11.4. The number of carbonyl (C=O) groups excluding carboxylic acids is 1. The fraction of sp³-hybridized carbons (Fsp3) is 0.462. The second-order valence-corrected chi connectivity index (χ2v) is 3.75. The summed E-state index contributed by atoms with van der Waals surface area (Å²) in [5, 5.41) is 5.93. The van der Waals surface area contributed by atoms with E-state index < -0.39 is 0 Å². The Hall–Kier alpha value is -1.75. The normalized spacial score (nSPS) is 9.89. The van der Waals surface area contributed by atoms with Crippen LogP contribution in [0.25, 0.3) is 0 Å². The number of carbonyl (C=O) groups is 1. The van der Waals surface area contributed by atoms with Crippen LogP contribution in [0.2, 0.25) is 0 Å². The van der Waals surface area contributed by atoms with Gasteiger partial charge >= 0.3 is 0 Å². The third kappa shape index (κ3) is 5.54. The summed E-state index contributed by atoms with van der Waals surface area (Å²) in [5.41, 5.74) is 0.973. The van der Waals surface area contributed by atoms with Crippen molar-refractivity contribution >= 4 is 11.6 Å². The van der Waals surface area contributed by atoms with Gasteiger partial charge in [0.2, 0.25) is 5.91 Å². The summed E-state index contributed by atoms with van der Waals surface area (Å²) in [6.45, 7) is 1.70. The Morgan fingerprint density at radius 1 is 1.17 bits per heavy atom.